The van der Waals surface area contributed by atoms with Gasteiger partial charge in [0, 0.05) is 23.7 Å². The Labute approximate surface area is 116 Å². The molecule has 0 bridgehead atoms. The molecule has 0 saturated heterocycles. The normalized spacial score (nSPS) is 16.0. The Morgan fingerprint density at radius 3 is 2.95 bits per heavy atom. The highest BCUT2D eigenvalue weighted by Crippen LogP contribution is 2.25. The average Bonchev–Trinajstić information content (AvgIpc) is 2.90. The molecule has 0 saturated carbocycles. The van der Waals surface area contributed by atoms with Crippen molar-refractivity contribution in [1.82, 2.24) is 10.3 Å². The third kappa shape index (κ3) is 3.59. The zero-order chi connectivity index (χ0) is 13.9. The minimum absolute atomic E-state index is 0.0744. The van der Waals surface area contributed by atoms with Crippen molar-refractivity contribution in [3.05, 3.63) is 52.2 Å². The molecule has 2 atom stereocenters. The van der Waals surface area contributed by atoms with E-state index in [4.69, 9.17) is 0 Å². The van der Waals surface area contributed by atoms with Crippen molar-refractivity contribution in [3.63, 3.8) is 0 Å². The molecule has 2 aromatic rings. The Morgan fingerprint density at radius 2 is 2.32 bits per heavy atom. The molecule has 2 rings (SSSR count). The summed E-state index contributed by atoms with van der Waals surface area (Å²) >= 11 is 1.52. The fraction of sp³-hybridized carbons (Fsp3) is 0.357. The highest BCUT2D eigenvalue weighted by atomic mass is 32.1. The number of hydrogen-bond acceptors (Lipinski definition) is 4. The van der Waals surface area contributed by atoms with E-state index in [9.17, 15) is 9.50 Å². The van der Waals surface area contributed by atoms with Gasteiger partial charge in [0.25, 0.3) is 0 Å². The number of pyridine rings is 1. The summed E-state index contributed by atoms with van der Waals surface area (Å²) in [5.74, 6) is -0.351. The van der Waals surface area contributed by atoms with Gasteiger partial charge in [0.15, 0.2) is 0 Å². The summed E-state index contributed by atoms with van der Waals surface area (Å²) in [6.07, 6.45) is 2.80. The minimum atomic E-state index is -0.927. The van der Waals surface area contributed by atoms with Crippen molar-refractivity contribution < 1.29 is 9.50 Å². The van der Waals surface area contributed by atoms with E-state index in [1.54, 1.807) is 13.1 Å². The van der Waals surface area contributed by atoms with Gasteiger partial charge in [0.2, 0.25) is 0 Å². The molecule has 2 heterocycles. The predicted octanol–water partition coefficient (Wildman–Crippen LogP) is 2.84. The van der Waals surface area contributed by atoms with Crippen molar-refractivity contribution in [3.8, 4) is 0 Å². The van der Waals surface area contributed by atoms with Crippen molar-refractivity contribution in [2.75, 3.05) is 6.54 Å². The predicted molar refractivity (Wildman–Crippen MR) is 74.5 cm³/mol. The maximum atomic E-state index is 13.1. The van der Waals surface area contributed by atoms with Crippen LogP contribution in [-0.4, -0.2) is 16.6 Å². The smallest absolute Gasteiger partial charge is 0.141 e. The second kappa shape index (κ2) is 5.77. The molecule has 2 aromatic heterocycles. The number of nitrogens with one attached hydrogen (secondary N) is 1. The number of halogens is 1. The first kappa shape index (κ1) is 14.1. The van der Waals surface area contributed by atoms with Crippen LogP contribution >= 0.6 is 11.3 Å². The summed E-state index contributed by atoms with van der Waals surface area (Å²) < 4.78 is 13.1. The van der Waals surface area contributed by atoms with Gasteiger partial charge >= 0.3 is 0 Å². The lowest BCUT2D eigenvalue weighted by Gasteiger charge is -2.25. The van der Waals surface area contributed by atoms with Gasteiger partial charge in [-0.15, -0.1) is 11.3 Å². The van der Waals surface area contributed by atoms with Crippen molar-refractivity contribution >= 4 is 11.3 Å². The Bertz CT molecular complexity index is 528. The Balaban J connectivity index is 1.99. The fourth-order valence-electron chi connectivity index (χ4n) is 1.81. The molecule has 0 aliphatic rings. The largest absolute Gasteiger partial charge is 0.383 e. The molecule has 0 aliphatic carbocycles. The van der Waals surface area contributed by atoms with Crippen LogP contribution in [0.2, 0.25) is 0 Å². The van der Waals surface area contributed by atoms with Gasteiger partial charge in [-0.1, -0.05) is 6.07 Å². The van der Waals surface area contributed by atoms with Gasteiger partial charge in [-0.2, -0.15) is 0 Å². The van der Waals surface area contributed by atoms with E-state index in [0.717, 1.165) is 10.4 Å². The monoisotopic (exact) mass is 280 g/mol. The van der Waals surface area contributed by atoms with Crippen molar-refractivity contribution in [1.29, 1.82) is 0 Å². The fourth-order valence-corrected chi connectivity index (χ4v) is 2.59. The molecule has 102 valence electrons. The highest BCUT2D eigenvalue weighted by molar-refractivity contribution is 7.10. The summed E-state index contributed by atoms with van der Waals surface area (Å²) in [4.78, 5) is 4.73. The Kier molecular flexibility index (Phi) is 4.29. The zero-order valence-electron chi connectivity index (χ0n) is 10.9. The SMILES string of the molecule is CC(NCC(C)(O)c1cccs1)c1cncc(F)c1. The van der Waals surface area contributed by atoms with E-state index < -0.39 is 5.60 Å². The van der Waals surface area contributed by atoms with Gasteiger partial charge in [-0.3, -0.25) is 4.98 Å². The van der Waals surface area contributed by atoms with Crippen LogP contribution in [0.1, 0.15) is 30.3 Å². The molecule has 19 heavy (non-hydrogen) atoms. The third-order valence-electron chi connectivity index (χ3n) is 3.03. The van der Waals surface area contributed by atoms with E-state index in [0.29, 0.717) is 6.54 Å². The summed E-state index contributed by atoms with van der Waals surface area (Å²) in [6.45, 7) is 4.08. The Morgan fingerprint density at radius 1 is 1.53 bits per heavy atom. The summed E-state index contributed by atoms with van der Waals surface area (Å²) in [6, 6.07) is 5.19. The van der Waals surface area contributed by atoms with Crippen LogP contribution < -0.4 is 5.32 Å². The number of aliphatic hydroxyl groups is 1. The molecule has 3 nitrogen and oxygen atoms in total. The highest BCUT2D eigenvalue weighted by Gasteiger charge is 2.24. The molecular formula is C14H17FN2OS. The Hall–Kier alpha value is -1.30. The van der Waals surface area contributed by atoms with Gasteiger partial charge in [-0.05, 0) is 36.9 Å². The maximum Gasteiger partial charge on any atom is 0.141 e. The lowest BCUT2D eigenvalue weighted by atomic mass is 10.0. The topological polar surface area (TPSA) is 45.1 Å². The van der Waals surface area contributed by atoms with E-state index in [1.165, 1.54) is 23.6 Å². The third-order valence-corrected chi connectivity index (χ3v) is 4.15. The molecule has 0 spiro atoms. The minimum Gasteiger partial charge on any atom is -0.383 e. The summed E-state index contributed by atoms with van der Waals surface area (Å²) in [7, 11) is 0. The number of aromatic nitrogens is 1. The van der Waals surface area contributed by atoms with E-state index >= 15 is 0 Å². The van der Waals surface area contributed by atoms with E-state index in [2.05, 4.69) is 10.3 Å². The van der Waals surface area contributed by atoms with Gasteiger partial charge < -0.3 is 10.4 Å². The van der Waals surface area contributed by atoms with Crippen molar-refractivity contribution in [2.45, 2.75) is 25.5 Å². The molecule has 2 unspecified atom stereocenters. The summed E-state index contributed by atoms with van der Waals surface area (Å²) in [5, 5.41) is 15.5. The van der Waals surface area contributed by atoms with E-state index in [1.807, 2.05) is 24.4 Å². The number of hydrogen-bond donors (Lipinski definition) is 2. The van der Waals surface area contributed by atoms with Gasteiger partial charge in [0.1, 0.15) is 11.4 Å². The van der Waals surface area contributed by atoms with Crippen LogP contribution in [0.3, 0.4) is 0 Å². The number of thiophene rings is 1. The second-order valence-electron chi connectivity index (χ2n) is 4.79. The molecule has 0 amide bonds. The molecule has 0 aliphatic heterocycles. The quantitative estimate of drug-likeness (QED) is 0.885. The first-order chi connectivity index (χ1) is 8.99. The molecule has 0 aromatic carbocycles. The maximum absolute atomic E-state index is 13.1. The van der Waals surface area contributed by atoms with E-state index in [-0.39, 0.29) is 11.9 Å². The average molecular weight is 280 g/mol. The molecule has 2 N–H and O–H groups in total. The number of rotatable bonds is 5. The van der Waals surface area contributed by atoms with Crippen LogP contribution in [-0.2, 0) is 5.60 Å². The molecule has 5 heteroatoms. The van der Waals surface area contributed by atoms with Gasteiger partial charge in [-0.25, -0.2) is 4.39 Å². The lowest BCUT2D eigenvalue weighted by Crippen LogP contribution is -2.36. The van der Waals surface area contributed by atoms with Gasteiger partial charge in [0.05, 0.1) is 6.20 Å². The van der Waals surface area contributed by atoms with Crippen LogP contribution in [0.25, 0.3) is 0 Å². The van der Waals surface area contributed by atoms with Crippen LogP contribution in [0.15, 0.2) is 36.0 Å². The molecular weight excluding hydrogens is 263 g/mol. The van der Waals surface area contributed by atoms with Crippen LogP contribution in [0.5, 0.6) is 0 Å². The summed E-state index contributed by atoms with van der Waals surface area (Å²) in [5.41, 5.74) is -0.162. The second-order valence-corrected chi connectivity index (χ2v) is 5.74. The zero-order valence-corrected chi connectivity index (χ0v) is 11.7. The number of nitrogens with zero attached hydrogens (tertiary/aromatic N) is 1. The standard InChI is InChI=1S/C14H17FN2OS/c1-10(11-6-12(15)8-16-7-11)17-9-14(2,18)13-4-3-5-19-13/h3-8,10,17-18H,9H2,1-2H3. The molecule has 0 radical (unpaired) electrons. The van der Waals surface area contributed by atoms with Crippen LogP contribution in [0, 0.1) is 5.82 Å². The first-order valence-corrected chi connectivity index (χ1v) is 6.97. The molecule has 0 fully saturated rings. The van der Waals surface area contributed by atoms with Crippen molar-refractivity contribution in [2.24, 2.45) is 0 Å². The van der Waals surface area contributed by atoms with Crippen LogP contribution in [0.4, 0.5) is 4.39 Å². The lowest BCUT2D eigenvalue weighted by molar-refractivity contribution is 0.0581. The first-order valence-electron chi connectivity index (χ1n) is 6.09.